The standard InChI is InChI=1S/C12H9NOS/c13-12(14)7-3-5-10-8-9-4-1-2-6-11(9)15-10/h1-2,4,6,8H,7H2,(H2,13,14). The van der Waals surface area contributed by atoms with Gasteiger partial charge in [0.15, 0.2) is 0 Å². The molecule has 1 aromatic heterocycles. The summed E-state index contributed by atoms with van der Waals surface area (Å²) in [5, 5.41) is 1.19. The van der Waals surface area contributed by atoms with Crippen molar-refractivity contribution >= 4 is 27.3 Å². The molecular formula is C12H9NOS. The van der Waals surface area contributed by atoms with Gasteiger partial charge in [0.05, 0.1) is 11.3 Å². The molecule has 1 heterocycles. The third-order valence-electron chi connectivity index (χ3n) is 1.90. The second-order valence-corrected chi connectivity index (χ2v) is 4.18. The van der Waals surface area contributed by atoms with Crippen LogP contribution in [-0.4, -0.2) is 5.91 Å². The molecule has 0 unspecified atom stereocenters. The van der Waals surface area contributed by atoms with Gasteiger partial charge in [-0.2, -0.15) is 0 Å². The van der Waals surface area contributed by atoms with E-state index in [1.165, 1.54) is 10.1 Å². The molecule has 1 amide bonds. The van der Waals surface area contributed by atoms with Gasteiger partial charge >= 0.3 is 0 Å². The van der Waals surface area contributed by atoms with Crippen LogP contribution in [0.4, 0.5) is 0 Å². The first-order valence-corrected chi connectivity index (χ1v) is 5.33. The molecule has 0 saturated heterocycles. The fourth-order valence-corrected chi connectivity index (χ4v) is 2.20. The summed E-state index contributed by atoms with van der Waals surface area (Å²) < 4.78 is 1.21. The largest absolute Gasteiger partial charge is 0.369 e. The molecular weight excluding hydrogens is 206 g/mol. The molecule has 2 aromatic rings. The highest BCUT2D eigenvalue weighted by Crippen LogP contribution is 2.24. The van der Waals surface area contributed by atoms with E-state index in [2.05, 4.69) is 17.9 Å². The molecule has 0 aliphatic rings. The lowest BCUT2D eigenvalue weighted by Gasteiger charge is -1.82. The van der Waals surface area contributed by atoms with Gasteiger partial charge in [-0.3, -0.25) is 4.79 Å². The van der Waals surface area contributed by atoms with E-state index in [-0.39, 0.29) is 12.3 Å². The molecule has 0 spiro atoms. The van der Waals surface area contributed by atoms with Crippen LogP contribution < -0.4 is 5.73 Å². The second kappa shape index (κ2) is 4.16. The van der Waals surface area contributed by atoms with Gasteiger partial charge in [0.25, 0.3) is 0 Å². The van der Waals surface area contributed by atoms with Crippen LogP contribution in [0.2, 0.25) is 0 Å². The van der Waals surface area contributed by atoms with Gasteiger partial charge in [-0.05, 0) is 17.5 Å². The highest BCUT2D eigenvalue weighted by atomic mass is 32.1. The van der Waals surface area contributed by atoms with Gasteiger partial charge in [0.1, 0.15) is 0 Å². The maximum Gasteiger partial charge on any atom is 0.229 e. The van der Waals surface area contributed by atoms with Crippen molar-refractivity contribution in [1.82, 2.24) is 0 Å². The van der Waals surface area contributed by atoms with Crippen molar-refractivity contribution in [3.63, 3.8) is 0 Å². The third kappa shape index (κ3) is 2.36. The molecule has 74 valence electrons. The van der Waals surface area contributed by atoms with Crippen LogP contribution in [0.5, 0.6) is 0 Å². The summed E-state index contributed by atoms with van der Waals surface area (Å²) in [6.07, 6.45) is 0.119. The SMILES string of the molecule is NC(=O)CC#Cc1cc2ccccc2s1. The molecule has 0 bridgehead atoms. The zero-order valence-corrected chi connectivity index (χ0v) is 8.80. The van der Waals surface area contributed by atoms with Crippen molar-refractivity contribution in [3.05, 3.63) is 35.2 Å². The minimum atomic E-state index is -0.386. The molecule has 0 aliphatic carbocycles. The van der Waals surface area contributed by atoms with Crippen LogP contribution in [0.25, 0.3) is 10.1 Å². The van der Waals surface area contributed by atoms with Crippen molar-refractivity contribution in [2.75, 3.05) is 0 Å². The Bertz CT molecular complexity index is 526. The van der Waals surface area contributed by atoms with Crippen LogP contribution in [0.15, 0.2) is 30.3 Å². The van der Waals surface area contributed by atoms with E-state index >= 15 is 0 Å². The minimum Gasteiger partial charge on any atom is -0.369 e. The van der Waals surface area contributed by atoms with Gasteiger partial charge in [0.2, 0.25) is 5.91 Å². The normalized spacial score (nSPS) is 9.60. The predicted molar refractivity (Wildman–Crippen MR) is 62.5 cm³/mol. The number of fused-ring (bicyclic) bond motifs is 1. The zero-order valence-electron chi connectivity index (χ0n) is 7.99. The molecule has 0 atom stereocenters. The Morgan fingerprint density at radius 3 is 2.93 bits per heavy atom. The van der Waals surface area contributed by atoms with E-state index in [0.717, 1.165) is 4.88 Å². The summed E-state index contributed by atoms with van der Waals surface area (Å²) in [4.78, 5) is 11.5. The Labute approximate surface area is 91.7 Å². The number of rotatable bonds is 1. The van der Waals surface area contributed by atoms with E-state index < -0.39 is 0 Å². The molecule has 2 N–H and O–H groups in total. The molecule has 3 heteroatoms. The lowest BCUT2D eigenvalue weighted by atomic mass is 10.2. The highest BCUT2D eigenvalue weighted by molar-refractivity contribution is 7.19. The summed E-state index contributed by atoms with van der Waals surface area (Å²) in [7, 11) is 0. The number of carbonyl (C=O) groups excluding carboxylic acids is 1. The number of hydrogen-bond donors (Lipinski definition) is 1. The van der Waals surface area contributed by atoms with Crippen LogP contribution in [-0.2, 0) is 4.79 Å². The third-order valence-corrected chi connectivity index (χ3v) is 2.93. The van der Waals surface area contributed by atoms with E-state index in [9.17, 15) is 4.79 Å². The van der Waals surface area contributed by atoms with Crippen LogP contribution in [0.1, 0.15) is 11.3 Å². The average molecular weight is 215 g/mol. The number of thiophene rings is 1. The van der Waals surface area contributed by atoms with Gasteiger partial charge < -0.3 is 5.73 Å². The van der Waals surface area contributed by atoms with E-state index in [4.69, 9.17) is 5.73 Å². The van der Waals surface area contributed by atoms with Crippen molar-refractivity contribution in [1.29, 1.82) is 0 Å². The van der Waals surface area contributed by atoms with Crippen molar-refractivity contribution in [2.45, 2.75) is 6.42 Å². The summed E-state index contributed by atoms with van der Waals surface area (Å²) in [5.41, 5.74) is 4.99. The highest BCUT2D eigenvalue weighted by Gasteiger charge is 1.97. The lowest BCUT2D eigenvalue weighted by molar-refractivity contribution is -0.117. The summed E-state index contributed by atoms with van der Waals surface area (Å²) in [6.45, 7) is 0. The summed E-state index contributed by atoms with van der Waals surface area (Å²) in [5.74, 6) is 5.30. The second-order valence-electron chi connectivity index (χ2n) is 3.09. The average Bonchev–Trinajstić information content (AvgIpc) is 2.59. The molecule has 2 nitrogen and oxygen atoms in total. The number of nitrogens with two attached hydrogens (primary N) is 1. The summed E-state index contributed by atoms with van der Waals surface area (Å²) >= 11 is 1.62. The van der Waals surface area contributed by atoms with Crippen molar-refractivity contribution in [2.24, 2.45) is 5.73 Å². The van der Waals surface area contributed by atoms with Crippen LogP contribution in [0, 0.1) is 11.8 Å². The zero-order chi connectivity index (χ0) is 10.7. The fraction of sp³-hybridized carbons (Fsp3) is 0.0833. The molecule has 0 radical (unpaired) electrons. The Balaban J connectivity index is 2.28. The van der Waals surface area contributed by atoms with Crippen molar-refractivity contribution in [3.8, 4) is 11.8 Å². The molecule has 15 heavy (non-hydrogen) atoms. The van der Waals surface area contributed by atoms with Gasteiger partial charge in [0, 0.05) is 4.70 Å². The molecule has 2 rings (SSSR count). The maximum absolute atomic E-state index is 10.5. The van der Waals surface area contributed by atoms with Crippen LogP contribution in [0.3, 0.4) is 0 Å². The maximum atomic E-state index is 10.5. The van der Waals surface area contributed by atoms with Gasteiger partial charge in [-0.1, -0.05) is 30.0 Å². The molecule has 0 fully saturated rings. The molecule has 0 aliphatic heterocycles. The van der Waals surface area contributed by atoms with E-state index in [0.29, 0.717) is 0 Å². The summed E-state index contributed by atoms with van der Waals surface area (Å²) in [6, 6.07) is 10.1. The predicted octanol–water partition coefficient (Wildman–Crippen LogP) is 2.13. The van der Waals surface area contributed by atoms with Gasteiger partial charge in [-0.25, -0.2) is 0 Å². The Morgan fingerprint density at radius 2 is 2.20 bits per heavy atom. The quantitative estimate of drug-likeness (QED) is 0.727. The first kappa shape index (κ1) is 9.75. The Hall–Kier alpha value is -1.79. The number of carbonyl (C=O) groups is 1. The minimum absolute atomic E-state index is 0.119. The Morgan fingerprint density at radius 1 is 1.40 bits per heavy atom. The van der Waals surface area contributed by atoms with Crippen LogP contribution >= 0.6 is 11.3 Å². The van der Waals surface area contributed by atoms with Crippen molar-refractivity contribution < 1.29 is 4.79 Å². The van der Waals surface area contributed by atoms with E-state index in [1.54, 1.807) is 11.3 Å². The van der Waals surface area contributed by atoms with Gasteiger partial charge in [-0.15, -0.1) is 11.3 Å². The topological polar surface area (TPSA) is 43.1 Å². The van der Waals surface area contributed by atoms with E-state index in [1.807, 2.05) is 24.3 Å². The smallest absolute Gasteiger partial charge is 0.229 e. The number of hydrogen-bond acceptors (Lipinski definition) is 2. The number of benzene rings is 1. The molecule has 1 aromatic carbocycles. The Kier molecular flexibility index (Phi) is 2.70. The monoisotopic (exact) mass is 215 g/mol. The fourth-order valence-electron chi connectivity index (χ4n) is 1.26. The lowest BCUT2D eigenvalue weighted by Crippen LogP contribution is -2.08. The molecule has 0 saturated carbocycles. The number of amides is 1. The number of primary amides is 1. The first-order valence-electron chi connectivity index (χ1n) is 4.51. The first-order chi connectivity index (χ1) is 7.25.